The van der Waals surface area contributed by atoms with E-state index in [1.807, 2.05) is 21.0 Å². The van der Waals surface area contributed by atoms with E-state index in [-0.39, 0.29) is 0 Å². The maximum atomic E-state index is 11.7. The van der Waals surface area contributed by atoms with Gasteiger partial charge in [-0.3, -0.25) is 0 Å². The summed E-state index contributed by atoms with van der Waals surface area (Å²) in [4.78, 5) is 1.95. The van der Waals surface area contributed by atoms with Crippen LogP contribution in [0.3, 0.4) is 0 Å². The average molecular weight is 840 g/mol. The minimum Gasteiger partial charge on any atom is -0.401 e. The van der Waals surface area contributed by atoms with Crippen LogP contribution in [0.25, 0.3) is 0 Å². The first kappa shape index (κ1) is 36.1. The van der Waals surface area contributed by atoms with Crippen LogP contribution in [0, 0.1) is 13.8 Å². The van der Waals surface area contributed by atoms with Crippen LogP contribution in [0.1, 0.15) is 41.2 Å². The van der Waals surface area contributed by atoms with Crippen LogP contribution >= 0.6 is 58.3 Å². The van der Waals surface area contributed by atoms with Crippen molar-refractivity contribution in [3.63, 3.8) is 0 Å². The summed E-state index contributed by atoms with van der Waals surface area (Å²) in [6.07, 6.45) is 0.119. The van der Waals surface area contributed by atoms with Gasteiger partial charge in [-0.15, -0.1) is 0 Å². The van der Waals surface area contributed by atoms with Crippen LogP contribution in [-0.2, 0) is 14.2 Å². The summed E-state index contributed by atoms with van der Waals surface area (Å²) in [5.41, 5.74) is 5.05. The fraction of sp³-hybridized carbons (Fsp3) is 0.211. The van der Waals surface area contributed by atoms with Gasteiger partial charge in [0.15, 0.2) is 0 Å². The van der Waals surface area contributed by atoms with Gasteiger partial charge in [0.05, 0.1) is 0 Å². The lowest BCUT2D eigenvalue weighted by Gasteiger charge is -2.46. The number of benzene rings is 5. The number of hydrogen-bond acceptors (Lipinski definition) is 4. The van der Waals surface area contributed by atoms with Gasteiger partial charge in [0.1, 0.15) is 0 Å². The smallest absolute Gasteiger partial charge is 0.401 e. The lowest BCUT2D eigenvalue weighted by atomic mass is 9.66. The Hall–Kier alpha value is -2.21. The molecular formula is C38H39BBr3NO3S. The van der Waals surface area contributed by atoms with Gasteiger partial charge < -0.3 is 13.8 Å². The van der Waals surface area contributed by atoms with E-state index < -0.39 is 29.3 Å². The lowest BCUT2D eigenvalue weighted by Crippen LogP contribution is -2.38. The fourth-order valence-electron chi connectivity index (χ4n) is 6.08. The molecule has 1 atom stereocenters. The van der Waals surface area contributed by atoms with Crippen LogP contribution in [0.5, 0.6) is 0 Å². The standard InChI is InChI=1S/C38H39BBr3NO3S/c1-27-6-22-36(23-7-27)47(43(4)5,37-24-8-28(2)9-25-37)46-39(44)45-29(3)26-38(30-10-16-33(40)17-11-30,31-12-18-34(41)19-13-31)32-14-20-35(42)21-15-32/h6-25,29,44H,26H2,1-5H3. The molecule has 0 aliphatic heterocycles. The van der Waals surface area contributed by atoms with Crippen molar-refractivity contribution >= 4 is 65.6 Å². The Morgan fingerprint density at radius 1 is 0.638 bits per heavy atom. The summed E-state index contributed by atoms with van der Waals surface area (Å²) >= 11 is 10.9. The minimum atomic E-state index is -2.32. The normalized spacial score (nSPS) is 13.1. The number of rotatable bonds is 12. The molecule has 5 rings (SSSR count). The molecule has 9 heteroatoms. The van der Waals surface area contributed by atoms with E-state index in [1.165, 1.54) is 0 Å². The summed E-state index contributed by atoms with van der Waals surface area (Å²) in [5.74, 6) is 0. The van der Waals surface area contributed by atoms with Gasteiger partial charge in [0.2, 0.25) is 0 Å². The number of hydrogen-bond donors (Lipinski definition) is 1. The molecule has 0 saturated heterocycles. The van der Waals surface area contributed by atoms with Crippen molar-refractivity contribution in [2.24, 2.45) is 0 Å². The second-order valence-corrected chi connectivity index (χ2v) is 17.6. The zero-order valence-electron chi connectivity index (χ0n) is 27.2. The molecule has 1 unspecified atom stereocenters. The van der Waals surface area contributed by atoms with E-state index in [1.54, 1.807) is 0 Å². The van der Waals surface area contributed by atoms with E-state index >= 15 is 0 Å². The Balaban J connectivity index is 1.55. The minimum absolute atomic E-state index is 0.420. The molecule has 0 fully saturated rings. The Morgan fingerprint density at radius 3 is 1.30 bits per heavy atom. The van der Waals surface area contributed by atoms with Crippen molar-refractivity contribution in [1.29, 1.82) is 0 Å². The van der Waals surface area contributed by atoms with E-state index in [9.17, 15) is 5.02 Å². The second-order valence-electron chi connectivity index (χ2n) is 11.9. The Morgan fingerprint density at radius 2 is 0.979 bits per heavy atom. The first-order valence-electron chi connectivity index (χ1n) is 15.4. The van der Waals surface area contributed by atoms with E-state index in [4.69, 9.17) is 8.75 Å². The highest BCUT2D eigenvalue weighted by Gasteiger charge is 2.42. The molecular weight excluding hydrogens is 801 g/mol. The highest BCUT2D eigenvalue weighted by atomic mass is 79.9. The molecule has 0 heterocycles. The van der Waals surface area contributed by atoms with Crippen LogP contribution in [0.4, 0.5) is 0 Å². The first-order valence-corrected chi connectivity index (χ1v) is 19.3. The van der Waals surface area contributed by atoms with Gasteiger partial charge in [-0.1, -0.05) is 120 Å². The third-order valence-corrected chi connectivity index (χ3v) is 13.3. The van der Waals surface area contributed by atoms with Crippen molar-refractivity contribution in [1.82, 2.24) is 4.31 Å². The Labute approximate surface area is 306 Å². The molecule has 0 aliphatic rings. The summed E-state index contributed by atoms with van der Waals surface area (Å²) in [5, 5.41) is 11.7. The fourth-order valence-corrected chi connectivity index (χ4v) is 9.67. The van der Waals surface area contributed by atoms with Gasteiger partial charge in [-0.25, -0.2) is 4.31 Å². The summed E-state index contributed by atoms with van der Waals surface area (Å²) < 4.78 is 18.2. The molecule has 0 spiro atoms. The first-order chi connectivity index (χ1) is 22.4. The quantitative estimate of drug-likeness (QED) is 0.100. The molecule has 47 heavy (non-hydrogen) atoms. The Kier molecular flexibility index (Phi) is 11.9. The van der Waals surface area contributed by atoms with Gasteiger partial charge >= 0.3 is 7.32 Å². The predicted octanol–water partition coefficient (Wildman–Crippen LogP) is 11.0. The molecule has 0 saturated carbocycles. The van der Waals surface area contributed by atoms with Crippen molar-refractivity contribution in [2.45, 2.75) is 48.5 Å². The number of aryl methyl sites for hydroxylation is 2. The monoisotopic (exact) mass is 837 g/mol. The maximum Gasteiger partial charge on any atom is 0.648 e. The molecule has 0 aliphatic carbocycles. The van der Waals surface area contributed by atoms with Crippen molar-refractivity contribution in [3.05, 3.63) is 163 Å². The maximum absolute atomic E-state index is 11.7. The zero-order chi connectivity index (χ0) is 33.8. The summed E-state index contributed by atoms with van der Waals surface area (Å²) in [6, 6.07) is 42.0. The van der Waals surface area contributed by atoms with E-state index in [2.05, 4.69) is 187 Å². The predicted molar refractivity (Wildman–Crippen MR) is 207 cm³/mol. The summed E-state index contributed by atoms with van der Waals surface area (Å²) in [7, 11) is 0.163. The largest absolute Gasteiger partial charge is 0.648 e. The highest BCUT2D eigenvalue weighted by Crippen LogP contribution is 2.65. The molecule has 0 aromatic heterocycles. The molecule has 0 radical (unpaired) electrons. The van der Waals surface area contributed by atoms with Gasteiger partial charge in [0, 0.05) is 34.7 Å². The highest BCUT2D eigenvalue weighted by molar-refractivity contribution is 9.11. The molecule has 0 bridgehead atoms. The third-order valence-electron chi connectivity index (χ3n) is 8.37. The Bertz CT molecular complexity index is 1600. The average Bonchev–Trinajstić information content (AvgIpc) is 3.04. The van der Waals surface area contributed by atoms with Crippen LogP contribution < -0.4 is 0 Å². The molecule has 4 nitrogen and oxygen atoms in total. The zero-order valence-corrected chi connectivity index (χ0v) is 32.7. The van der Waals surface area contributed by atoms with Crippen LogP contribution in [0.2, 0.25) is 0 Å². The molecule has 5 aromatic rings. The van der Waals surface area contributed by atoms with E-state index in [0.717, 1.165) is 51.0 Å². The lowest BCUT2D eigenvalue weighted by molar-refractivity contribution is 0.121. The van der Waals surface area contributed by atoms with Crippen LogP contribution in [-0.4, -0.2) is 36.8 Å². The second kappa shape index (κ2) is 15.6. The molecule has 244 valence electrons. The van der Waals surface area contributed by atoms with Crippen LogP contribution in [0.15, 0.2) is 145 Å². The molecule has 0 amide bonds. The van der Waals surface area contributed by atoms with Gasteiger partial charge in [-0.2, -0.15) is 0 Å². The van der Waals surface area contributed by atoms with Crippen molar-refractivity contribution < 1.29 is 13.8 Å². The summed E-state index contributed by atoms with van der Waals surface area (Å²) in [6.45, 7) is 6.14. The van der Waals surface area contributed by atoms with Gasteiger partial charge in [0.25, 0.3) is 0 Å². The van der Waals surface area contributed by atoms with E-state index in [0.29, 0.717) is 6.42 Å². The van der Waals surface area contributed by atoms with Crippen molar-refractivity contribution in [2.75, 3.05) is 14.1 Å². The molecule has 1 N–H and O–H groups in total. The topological polar surface area (TPSA) is 41.9 Å². The SMILES string of the molecule is Cc1ccc(S(OB(O)OC(C)CC(c2ccc(Br)cc2)(c2ccc(Br)cc2)c2ccc(Br)cc2)(c2ccc(C)cc2)N(C)C)cc1. The van der Waals surface area contributed by atoms with Crippen molar-refractivity contribution in [3.8, 4) is 0 Å². The van der Waals surface area contributed by atoms with Gasteiger partial charge in [-0.05, 0) is 129 Å². The third kappa shape index (κ3) is 8.00. The molecule has 5 aromatic carbocycles. The number of nitrogens with zero attached hydrogens (tertiary/aromatic N) is 1. The number of halogens is 3.